The van der Waals surface area contributed by atoms with Gasteiger partial charge >= 0.3 is 0 Å². The van der Waals surface area contributed by atoms with E-state index in [4.69, 9.17) is 13.8 Å². The zero-order valence-electron chi connectivity index (χ0n) is 34.0. The second-order valence-electron chi connectivity index (χ2n) is 16.9. The van der Waals surface area contributed by atoms with E-state index in [9.17, 15) is 0 Å². The molecule has 0 saturated heterocycles. The monoisotopic (exact) mass is 796 g/mol. The van der Waals surface area contributed by atoms with E-state index in [2.05, 4.69) is 181 Å². The summed E-state index contributed by atoms with van der Waals surface area (Å²) >= 11 is 0. The third-order valence-corrected chi connectivity index (χ3v) is 13.3. The predicted octanol–water partition coefficient (Wildman–Crippen LogP) is 16.1. The highest BCUT2D eigenvalue weighted by Gasteiger charge is 2.25. The second-order valence-corrected chi connectivity index (χ2v) is 16.9. The lowest BCUT2D eigenvalue weighted by Crippen LogP contribution is -2.05. The number of nitrogens with zero attached hydrogens (tertiary/aromatic N) is 2. The van der Waals surface area contributed by atoms with Crippen molar-refractivity contribution in [3.05, 3.63) is 205 Å². The van der Waals surface area contributed by atoms with Crippen LogP contribution in [-0.2, 0) is 0 Å². The van der Waals surface area contributed by atoms with Crippen molar-refractivity contribution in [3.8, 4) is 5.69 Å². The highest BCUT2D eigenvalue weighted by molar-refractivity contribution is 6.24. The zero-order chi connectivity index (χ0) is 40.7. The van der Waals surface area contributed by atoms with E-state index in [1.165, 1.54) is 43.4 Å². The van der Waals surface area contributed by atoms with Crippen LogP contribution < -0.4 is 0 Å². The Bertz CT molecular complexity index is 3820. The summed E-state index contributed by atoms with van der Waals surface area (Å²) < 4.78 is 16.0. The van der Waals surface area contributed by atoms with Crippen molar-refractivity contribution in [1.29, 1.82) is 0 Å². The van der Waals surface area contributed by atoms with Crippen molar-refractivity contribution in [2.75, 3.05) is 0 Å². The SMILES string of the molecule is C1=C(c2ccc3c(c2)oc2ccccc23)/N=C(/c2ccc(-n3c4cc5ccccc5cc4c4ccc5ccccc5c43)c3oc4ccccc4c23)CCCC(c2ccccc2)C/1. The molecule has 0 spiro atoms. The molecule has 1 aliphatic heterocycles. The van der Waals surface area contributed by atoms with E-state index in [-0.39, 0.29) is 0 Å². The summed E-state index contributed by atoms with van der Waals surface area (Å²) in [7, 11) is 0. The number of allylic oxidation sites excluding steroid dienone is 1. The van der Waals surface area contributed by atoms with Crippen LogP contribution in [0.25, 0.3) is 98.6 Å². The van der Waals surface area contributed by atoms with Gasteiger partial charge in [0.25, 0.3) is 0 Å². The molecule has 13 rings (SSSR count). The first-order valence-corrected chi connectivity index (χ1v) is 21.8. The number of hydrogen-bond acceptors (Lipinski definition) is 3. The van der Waals surface area contributed by atoms with Gasteiger partial charge in [0.2, 0.25) is 0 Å². The first-order chi connectivity index (χ1) is 30.7. The minimum Gasteiger partial charge on any atom is -0.456 e. The molecule has 9 aromatic carbocycles. The fourth-order valence-electron chi connectivity index (χ4n) is 10.4. The predicted molar refractivity (Wildman–Crippen MR) is 259 cm³/mol. The van der Waals surface area contributed by atoms with Gasteiger partial charge in [-0.05, 0) is 95.8 Å². The van der Waals surface area contributed by atoms with Crippen molar-refractivity contribution < 1.29 is 8.83 Å². The minimum atomic E-state index is 0.383. The number of furan rings is 2. The van der Waals surface area contributed by atoms with E-state index in [0.29, 0.717) is 5.92 Å². The van der Waals surface area contributed by atoms with E-state index >= 15 is 0 Å². The molecule has 294 valence electrons. The molecule has 12 aromatic rings. The molecule has 0 fully saturated rings. The Hall–Kier alpha value is -7.69. The number of aliphatic imine (C=N–C) groups is 1. The summed E-state index contributed by atoms with van der Waals surface area (Å²) in [4.78, 5) is 5.72. The highest BCUT2D eigenvalue weighted by atomic mass is 16.3. The molecule has 62 heavy (non-hydrogen) atoms. The van der Waals surface area contributed by atoms with Crippen molar-refractivity contribution in [2.24, 2.45) is 4.99 Å². The molecule has 4 nitrogen and oxygen atoms in total. The van der Waals surface area contributed by atoms with E-state index in [0.717, 1.165) is 103 Å². The molecule has 0 bridgehead atoms. The average molecular weight is 797 g/mol. The third kappa shape index (κ3) is 5.50. The van der Waals surface area contributed by atoms with Gasteiger partial charge in [0, 0.05) is 54.5 Å². The fourth-order valence-corrected chi connectivity index (χ4v) is 10.4. The summed E-state index contributed by atoms with van der Waals surface area (Å²) in [6.07, 6.45) is 6.15. The average Bonchev–Trinajstić information content (AvgIpc) is 4.02. The third-order valence-electron chi connectivity index (χ3n) is 13.3. The van der Waals surface area contributed by atoms with Crippen LogP contribution in [0.15, 0.2) is 202 Å². The molecule has 0 saturated carbocycles. The Morgan fingerprint density at radius 2 is 1.21 bits per heavy atom. The number of para-hydroxylation sites is 2. The number of aromatic nitrogens is 1. The Labute approximate surface area is 357 Å². The smallest absolute Gasteiger partial charge is 0.160 e. The first kappa shape index (κ1) is 35.1. The van der Waals surface area contributed by atoms with Crippen molar-refractivity contribution >= 4 is 98.6 Å². The lowest BCUT2D eigenvalue weighted by atomic mass is 9.89. The number of rotatable bonds is 4. The Morgan fingerprint density at radius 3 is 2.06 bits per heavy atom. The Morgan fingerprint density at radius 1 is 0.516 bits per heavy atom. The van der Waals surface area contributed by atoms with Gasteiger partial charge in [-0.3, -0.25) is 4.99 Å². The maximum Gasteiger partial charge on any atom is 0.160 e. The van der Waals surface area contributed by atoms with Gasteiger partial charge < -0.3 is 13.4 Å². The standard InChI is InChI=1S/C58H40N2O2/c1-2-13-36(14-3-1)37-18-12-22-50(59-49(31-27-37)41-26-28-44-43-20-8-10-23-53(43)61-55(44)35-41)46-30-32-51(58-56(46)47-21-9-11-24-54(47)62-58)60-52-34-40-17-5-4-16-39(40)33-48(52)45-29-25-38-15-6-7-19-42(38)57(45)60/h1-11,13-17,19-21,23-26,28-35,37H,12,18,22,27H2/b49-31+,59-50+. The molecule has 4 heteroatoms. The summed E-state index contributed by atoms with van der Waals surface area (Å²) in [6.45, 7) is 0. The maximum absolute atomic E-state index is 7.08. The number of fused-ring (bicyclic) bond motifs is 12. The molecule has 3 aromatic heterocycles. The van der Waals surface area contributed by atoms with Crippen LogP contribution in [0.3, 0.4) is 0 Å². The van der Waals surface area contributed by atoms with E-state index < -0.39 is 0 Å². The maximum atomic E-state index is 7.08. The largest absolute Gasteiger partial charge is 0.456 e. The van der Waals surface area contributed by atoms with Crippen LogP contribution in [0.4, 0.5) is 0 Å². The topological polar surface area (TPSA) is 43.6 Å². The lowest BCUT2D eigenvalue weighted by Gasteiger charge is -2.16. The summed E-state index contributed by atoms with van der Waals surface area (Å²) in [5.74, 6) is 0.383. The molecule has 0 radical (unpaired) electrons. The van der Waals surface area contributed by atoms with E-state index in [1.54, 1.807) is 0 Å². The highest BCUT2D eigenvalue weighted by Crippen LogP contribution is 2.44. The van der Waals surface area contributed by atoms with Crippen LogP contribution in [0, 0.1) is 0 Å². The second kappa shape index (κ2) is 13.9. The van der Waals surface area contributed by atoms with Gasteiger partial charge in [-0.25, -0.2) is 0 Å². The summed E-state index contributed by atoms with van der Waals surface area (Å²) in [5.41, 5.74) is 12.4. The molecule has 0 amide bonds. The molecular weight excluding hydrogens is 757 g/mol. The van der Waals surface area contributed by atoms with Crippen LogP contribution in [-0.4, -0.2) is 10.3 Å². The van der Waals surface area contributed by atoms with Crippen LogP contribution in [0.2, 0.25) is 0 Å². The lowest BCUT2D eigenvalue weighted by molar-refractivity contribution is 0.610. The quantitative estimate of drug-likeness (QED) is 0.178. The molecule has 0 N–H and O–H groups in total. The van der Waals surface area contributed by atoms with Gasteiger partial charge in [0.1, 0.15) is 16.7 Å². The van der Waals surface area contributed by atoms with E-state index in [1.807, 2.05) is 12.1 Å². The first-order valence-electron chi connectivity index (χ1n) is 21.8. The molecule has 1 unspecified atom stereocenters. The fraction of sp³-hybridized carbons (Fsp3) is 0.0862. The van der Waals surface area contributed by atoms with Crippen molar-refractivity contribution in [2.45, 2.75) is 31.6 Å². The zero-order valence-corrected chi connectivity index (χ0v) is 34.0. The Balaban J connectivity index is 1.06. The molecule has 4 heterocycles. The molecular formula is C58H40N2O2. The van der Waals surface area contributed by atoms with Crippen LogP contribution in [0.5, 0.6) is 0 Å². The van der Waals surface area contributed by atoms with Gasteiger partial charge in [0.05, 0.1) is 22.4 Å². The van der Waals surface area contributed by atoms with Gasteiger partial charge in [-0.2, -0.15) is 0 Å². The summed E-state index contributed by atoms with van der Waals surface area (Å²) in [5, 5.41) is 11.7. The van der Waals surface area contributed by atoms with Gasteiger partial charge in [-0.15, -0.1) is 0 Å². The number of benzene rings is 9. The molecule has 1 atom stereocenters. The summed E-state index contributed by atoms with van der Waals surface area (Å²) in [6, 6.07) is 65.6. The van der Waals surface area contributed by atoms with Gasteiger partial charge in [-0.1, -0.05) is 146 Å². The van der Waals surface area contributed by atoms with Crippen LogP contribution in [0.1, 0.15) is 48.3 Å². The number of hydrogen-bond donors (Lipinski definition) is 0. The van der Waals surface area contributed by atoms with Gasteiger partial charge in [0.15, 0.2) is 5.58 Å². The normalized spacial score (nSPS) is 16.9. The van der Waals surface area contributed by atoms with Crippen LogP contribution >= 0.6 is 0 Å². The molecule has 0 aliphatic carbocycles. The van der Waals surface area contributed by atoms with Crippen molar-refractivity contribution in [3.63, 3.8) is 0 Å². The van der Waals surface area contributed by atoms with Crippen molar-refractivity contribution in [1.82, 2.24) is 4.57 Å². The minimum absolute atomic E-state index is 0.383. The molecule has 1 aliphatic rings. The Kier molecular flexibility index (Phi) is 7.89.